The lowest BCUT2D eigenvalue weighted by Crippen LogP contribution is -2.27. The van der Waals surface area contributed by atoms with Crippen molar-refractivity contribution in [3.05, 3.63) is 28.7 Å². The summed E-state index contributed by atoms with van der Waals surface area (Å²) in [5.74, 6) is 2.46. The van der Waals surface area contributed by atoms with Gasteiger partial charge in [-0.05, 0) is 31.1 Å². The summed E-state index contributed by atoms with van der Waals surface area (Å²) in [5, 5.41) is 3.53. The van der Waals surface area contributed by atoms with E-state index < -0.39 is 0 Å². The van der Waals surface area contributed by atoms with E-state index in [0.717, 1.165) is 18.7 Å². The van der Waals surface area contributed by atoms with Crippen LogP contribution in [0.3, 0.4) is 0 Å². The lowest BCUT2D eigenvalue weighted by molar-refractivity contribution is 0.649. The quantitative estimate of drug-likeness (QED) is 0.894. The van der Waals surface area contributed by atoms with Gasteiger partial charge in [0.2, 0.25) is 0 Å². The van der Waals surface area contributed by atoms with Gasteiger partial charge in [0, 0.05) is 30.6 Å². The fourth-order valence-electron chi connectivity index (χ4n) is 2.12. The van der Waals surface area contributed by atoms with Gasteiger partial charge < -0.3 is 9.88 Å². The van der Waals surface area contributed by atoms with Crippen molar-refractivity contribution in [2.24, 2.45) is 0 Å². The second-order valence-corrected chi connectivity index (χ2v) is 5.66. The zero-order chi connectivity index (χ0) is 12.1. The van der Waals surface area contributed by atoms with E-state index >= 15 is 0 Å². The van der Waals surface area contributed by atoms with Crippen molar-refractivity contribution in [3.8, 4) is 0 Å². The van der Waals surface area contributed by atoms with E-state index in [2.05, 4.69) is 12.2 Å². The van der Waals surface area contributed by atoms with Crippen LogP contribution in [0.4, 0.5) is 5.69 Å². The maximum absolute atomic E-state index is 11.6. The maximum atomic E-state index is 11.6. The van der Waals surface area contributed by atoms with Crippen LogP contribution in [0.2, 0.25) is 0 Å². The first-order valence-electron chi connectivity index (χ1n) is 6.34. The van der Waals surface area contributed by atoms with Gasteiger partial charge in [0.1, 0.15) is 0 Å². The van der Waals surface area contributed by atoms with Crippen LogP contribution < -0.4 is 10.9 Å². The van der Waals surface area contributed by atoms with Gasteiger partial charge in [0.25, 0.3) is 5.56 Å². The zero-order valence-electron chi connectivity index (χ0n) is 10.3. The number of rotatable bonds is 4. The number of nitrogens with one attached hydrogen (secondary N) is 1. The molecule has 0 amide bonds. The van der Waals surface area contributed by atoms with Crippen LogP contribution in [0.5, 0.6) is 0 Å². The number of anilines is 1. The van der Waals surface area contributed by atoms with Crippen LogP contribution in [-0.4, -0.2) is 22.1 Å². The molecule has 1 saturated heterocycles. The lowest BCUT2D eigenvalue weighted by atomic mass is 10.2. The highest BCUT2D eigenvalue weighted by Gasteiger charge is 2.13. The van der Waals surface area contributed by atoms with Crippen molar-refractivity contribution in [3.63, 3.8) is 0 Å². The molecule has 2 rings (SSSR count). The molecule has 1 fully saturated rings. The number of hydrogen-bond donors (Lipinski definition) is 1. The predicted molar refractivity (Wildman–Crippen MR) is 75.0 cm³/mol. The Balaban J connectivity index is 2.04. The normalized spacial score (nSPS) is 20.2. The first-order valence-corrected chi connectivity index (χ1v) is 7.50. The maximum Gasteiger partial charge on any atom is 0.250 e. The minimum atomic E-state index is 0.0930. The van der Waals surface area contributed by atoms with Gasteiger partial charge >= 0.3 is 0 Å². The van der Waals surface area contributed by atoms with E-state index in [1.165, 1.54) is 24.3 Å². The third-order valence-electron chi connectivity index (χ3n) is 2.98. The Morgan fingerprint density at radius 3 is 3.12 bits per heavy atom. The lowest BCUT2D eigenvalue weighted by Gasteiger charge is -2.23. The summed E-state index contributed by atoms with van der Waals surface area (Å²) >= 11 is 2.01. The standard InChI is InChI=1S/C13H20N2OS/c1-2-7-15-9-11(5-6-13(15)16)14-12-4-3-8-17-10-12/h5-6,9,12,14H,2-4,7-8,10H2,1H3. The number of nitrogens with zero attached hydrogens (tertiary/aromatic N) is 1. The second kappa shape index (κ2) is 6.15. The number of hydrogen-bond acceptors (Lipinski definition) is 3. The Morgan fingerprint density at radius 1 is 1.53 bits per heavy atom. The monoisotopic (exact) mass is 252 g/mol. The molecule has 2 heterocycles. The van der Waals surface area contributed by atoms with Crippen molar-refractivity contribution in [2.75, 3.05) is 16.8 Å². The van der Waals surface area contributed by atoms with Crippen LogP contribution in [0.15, 0.2) is 23.1 Å². The topological polar surface area (TPSA) is 34.0 Å². The summed E-state index contributed by atoms with van der Waals surface area (Å²) in [5.41, 5.74) is 1.17. The van der Waals surface area contributed by atoms with Gasteiger partial charge in [-0.2, -0.15) is 11.8 Å². The highest BCUT2D eigenvalue weighted by atomic mass is 32.2. The van der Waals surface area contributed by atoms with Crippen LogP contribution in [0.25, 0.3) is 0 Å². The number of aryl methyl sites for hydroxylation is 1. The average Bonchev–Trinajstić information content (AvgIpc) is 2.35. The Morgan fingerprint density at radius 2 is 2.41 bits per heavy atom. The first-order chi connectivity index (χ1) is 8.29. The van der Waals surface area contributed by atoms with Gasteiger partial charge in [0.15, 0.2) is 0 Å². The smallest absolute Gasteiger partial charge is 0.250 e. The molecule has 4 heteroatoms. The van der Waals surface area contributed by atoms with Crippen LogP contribution in [0, 0.1) is 0 Å². The largest absolute Gasteiger partial charge is 0.380 e. The minimum absolute atomic E-state index is 0.0930. The summed E-state index contributed by atoms with van der Waals surface area (Å²) < 4.78 is 1.79. The van der Waals surface area contributed by atoms with Gasteiger partial charge in [-0.25, -0.2) is 0 Å². The van der Waals surface area contributed by atoms with Crippen LogP contribution in [-0.2, 0) is 6.54 Å². The fourth-order valence-corrected chi connectivity index (χ4v) is 3.19. The molecular formula is C13H20N2OS. The molecule has 1 N–H and O–H groups in total. The molecule has 1 aromatic rings. The van der Waals surface area contributed by atoms with Gasteiger partial charge in [0.05, 0.1) is 5.69 Å². The highest BCUT2D eigenvalue weighted by molar-refractivity contribution is 7.99. The number of pyridine rings is 1. The Labute approximate surface area is 107 Å². The molecule has 0 aromatic carbocycles. The van der Waals surface area contributed by atoms with Gasteiger partial charge in [-0.15, -0.1) is 0 Å². The van der Waals surface area contributed by atoms with Crippen LogP contribution >= 0.6 is 11.8 Å². The van der Waals surface area contributed by atoms with E-state index in [9.17, 15) is 4.79 Å². The minimum Gasteiger partial charge on any atom is -0.380 e. The molecule has 0 spiro atoms. The summed E-state index contributed by atoms with van der Waals surface area (Å²) in [4.78, 5) is 11.6. The molecular weight excluding hydrogens is 232 g/mol. The van der Waals surface area contributed by atoms with E-state index in [0.29, 0.717) is 6.04 Å². The first kappa shape index (κ1) is 12.6. The molecule has 1 aliphatic rings. The molecule has 17 heavy (non-hydrogen) atoms. The molecule has 0 saturated carbocycles. The molecule has 0 bridgehead atoms. The summed E-state index contributed by atoms with van der Waals surface area (Å²) in [6.07, 6.45) is 5.46. The Bertz CT molecular complexity index is 410. The Hall–Kier alpha value is -0.900. The Kier molecular flexibility index (Phi) is 4.54. The molecule has 0 radical (unpaired) electrons. The van der Waals surface area contributed by atoms with Crippen molar-refractivity contribution in [1.82, 2.24) is 4.57 Å². The molecule has 94 valence electrons. The molecule has 3 nitrogen and oxygen atoms in total. The van der Waals surface area contributed by atoms with Gasteiger partial charge in [-0.3, -0.25) is 4.79 Å². The molecule has 1 aliphatic heterocycles. The summed E-state index contributed by atoms with van der Waals surface area (Å²) in [6, 6.07) is 4.11. The van der Waals surface area contributed by atoms with E-state index in [1.54, 1.807) is 10.6 Å². The predicted octanol–water partition coefficient (Wildman–Crippen LogP) is 2.57. The van der Waals surface area contributed by atoms with Crippen molar-refractivity contribution in [2.45, 2.75) is 38.8 Å². The van der Waals surface area contributed by atoms with Crippen molar-refractivity contribution >= 4 is 17.4 Å². The van der Waals surface area contributed by atoms with Crippen LogP contribution in [0.1, 0.15) is 26.2 Å². The molecule has 1 atom stereocenters. The SMILES string of the molecule is CCCn1cc(NC2CCCSC2)ccc1=O. The summed E-state index contributed by atoms with van der Waals surface area (Å²) in [7, 11) is 0. The third kappa shape index (κ3) is 3.53. The van der Waals surface area contributed by atoms with E-state index in [4.69, 9.17) is 0 Å². The van der Waals surface area contributed by atoms with Gasteiger partial charge in [-0.1, -0.05) is 6.92 Å². The second-order valence-electron chi connectivity index (χ2n) is 4.51. The third-order valence-corrected chi connectivity index (χ3v) is 4.19. The summed E-state index contributed by atoms with van der Waals surface area (Å²) in [6.45, 7) is 2.89. The number of aromatic nitrogens is 1. The number of thioether (sulfide) groups is 1. The average molecular weight is 252 g/mol. The molecule has 0 aliphatic carbocycles. The van der Waals surface area contributed by atoms with Crippen molar-refractivity contribution in [1.29, 1.82) is 0 Å². The molecule has 1 aromatic heterocycles. The van der Waals surface area contributed by atoms with E-state index in [1.807, 2.05) is 24.0 Å². The highest BCUT2D eigenvalue weighted by Crippen LogP contribution is 2.20. The van der Waals surface area contributed by atoms with Crippen molar-refractivity contribution < 1.29 is 0 Å². The zero-order valence-corrected chi connectivity index (χ0v) is 11.1. The van der Waals surface area contributed by atoms with E-state index in [-0.39, 0.29) is 5.56 Å². The fraction of sp³-hybridized carbons (Fsp3) is 0.615. The molecule has 1 unspecified atom stereocenters.